The Morgan fingerprint density at radius 3 is 2.23 bits per heavy atom. The van der Waals surface area contributed by atoms with Gasteiger partial charge in [0.1, 0.15) is 12.4 Å². The van der Waals surface area contributed by atoms with Gasteiger partial charge in [-0.05, 0) is 17.2 Å². The molecule has 4 heteroatoms. The van der Waals surface area contributed by atoms with E-state index in [-0.39, 0.29) is 6.54 Å². The first-order valence-corrected chi connectivity index (χ1v) is 8.49. The molecule has 0 bridgehead atoms. The van der Waals surface area contributed by atoms with Crippen LogP contribution in [0, 0.1) is 0 Å². The normalized spacial score (nSPS) is 11.6. The molecule has 0 saturated heterocycles. The molecule has 0 aromatic heterocycles. The molecule has 3 aromatic carbocycles. The van der Waals surface area contributed by atoms with Gasteiger partial charge in [-0.15, -0.1) is 0 Å². The molecule has 0 radical (unpaired) electrons. The van der Waals surface area contributed by atoms with Gasteiger partial charge in [0.2, 0.25) is 0 Å². The minimum atomic E-state index is -1.19. The molecule has 0 fully saturated rings. The standard InChI is InChI=1S/C22H21NO3/c24-21(18-11-5-2-6-12-18)22(25)23-15-19-13-7-8-14-20(19)26-16-17-9-3-1-4-10-17/h1-14,21,24H,15-16H2,(H,23,25)/t21-/m0/s1. The van der Waals surface area contributed by atoms with E-state index in [1.807, 2.05) is 60.7 Å². The summed E-state index contributed by atoms with van der Waals surface area (Å²) in [4.78, 5) is 12.2. The average molecular weight is 347 g/mol. The summed E-state index contributed by atoms with van der Waals surface area (Å²) in [6.07, 6.45) is -1.19. The summed E-state index contributed by atoms with van der Waals surface area (Å²) < 4.78 is 5.89. The highest BCUT2D eigenvalue weighted by atomic mass is 16.5. The van der Waals surface area contributed by atoms with Gasteiger partial charge in [0.05, 0.1) is 0 Å². The van der Waals surface area contributed by atoms with Crippen LogP contribution in [0.1, 0.15) is 22.8 Å². The smallest absolute Gasteiger partial charge is 0.253 e. The zero-order valence-electron chi connectivity index (χ0n) is 14.3. The maximum absolute atomic E-state index is 12.2. The number of carbonyl (C=O) groups excluding carboxylic acids is 1. The number of para-hydroxylation sites is 1. The average Bonchev–Trinajstić information content (AvgIpc) is 2.72. The molecule has 0 spiro atoms. The fraction of sp³-hybridized carbons (Fsp3) is 0.136. The Balaban J connectivity index is 1.60. The van der Waals surface area contributed by atoms with Crippen LogP contribution in [0.2, 0.25) is 0 Å². The Morgan fingerprint density at radius 2 is 1.50 bits per heavy atom. The van der Waals surface area contributed by atoms with E-state index in [0.29, 0.717) is 17.9 Å². The Kier molecular flexibility index (Phi) is 6.01. The second-order valence-electron chi connectivity index (χ2n) is 5.91. The second kappa shape index (κ2) is 8.83. The number of benzene rings is 3. The van der Waals surface area contributed by atoms with Gasteiger partial charge < -0.3 is 15.2 Å². The molecular formula is C22H21NO3. The van der Waals surface area contributed by atoms with Gasteiger partial charge in [-0.25, -0.2) is 0 Å². The molecule has 0 heterocycles. The molecule has 26 heavy (non-hydrogen) atoms. The van der Waals surface area contributed by atoms with Crippen LogP contribution < -0.4 is 10.1 Å². The van der Waals surface area contributed by atoms with E-state index in [2.05, 4.69) is 5.32 Å². The number of carbonyl (C=O) groups is 1. The third-order valence-corrected chi connectivity index (χ3v) is 4.03. The molecule has 4 nitrogen and oxygen atoms in total. The quantitative estimate of drug-likeness (QED) is 0.686. The van der Waals surface area contributed by atoms with Crippen LogP contribution >= 0.6 is 0 Å². The summed E-state index contributed by atoms with van der Waals surface area (Å²) in [5, 5.41) is 12.9. The highest BCUT2D eigenvalue weighted by Gasteiger charge is 2.17. The molecule has 0 aliphatic rings. The van der Waals surface area contributed by atoms with Gasteiger partial charge in [0.15, 0.2) is 6.10 Å². The first-order chi connectivity index (χ1) is 12.7. The van der Waals surface area contributed by atoms with E-state index < -0.39 is 12.0 Å². The molecule has 0 aliphatic heterocycles. The highest BCUT2D eigenvalue weighted by molar-refractivity contribution is 5.81. The van der Waals surface area contributed by atoms with Gasteiger partial charge in [-0.1, -0.05) is 78.9 Å². The highest BCUT2D eigenvalue weighted by Crippen LogP contribution is 2.20. The van der Waals surface area contributed by atoms with Crippen LogP contribution in [-0.2, 0) is 17.9 Å². The summed E-state index contributed by atoms with van der Waals surface area (Å²) >= 11 is 0. The Labute approximate surface area is 153 Å². The first-order valence-electron chi connectivity index (χ1n) is 8.49. The number of nitrogens with one attached hydrogen (secondary N) is 1. The van der Waals surface area contributed by atoms with Crippen LogP contribution in [0.25, 0.3) is 0 Å². The van der Waals surface area contributed by atoms with Crippen molar-refractivity contribution in [2.45, 2.75) is 19.3 Å². The lowest BCUT2D eigenvalue weighted by Gasteiger charge is -2.14. The van der Waals surface area contributed by atoms with Crippen molar-refractivity contribution in [3.8, 4) is 5.75 Å². The lowest BCUT2D eigenvalue weighted by Crippen LogP contribution is -2.29. The Morgan fingerprint density at radius 1 is 0.885 bits per heavy atom. The van der Waals surface area contributed by atoms with Gasteiger partial charge in [-0.3, -0.25) is 4.79 Å². The van der Waals surface area contributed by atoms with E-state index >= 15 is 0 Å². The molecule has 2 N–H and O–H groups in total. The molecule has 0 saturated carbocycles. The molecule has 1 amide bonds. The second-order valence-corrected chi connectivity index (χ2v) is 5.91. The number of rotatable bonds is 7. The number of hydrogen-bond donors (Lipinski definition) is 2. The number of hydrogen-bond acceptors (Lipinski definition) is 3. The van der Waals surface area contributed by atoms with Crippen molar-refractivity contribution in [3.63, 3.8) is 0 Å². The predicted molar refractivity (Wildman–Crippen MR) is 100 cm³/mol. The summed E-state index contributed by atoms with van der Waals surface area (Å²) in [6.45, 7) is 0.742. The van der Waals surface area contributed by atoms with E-state index in [4.69, 9.17) is 4.74 Å². The minimum absolute atomic E-state index is 0.285. The van der Waals surface area contributed by atoms with E-state index in [0.717, 1.165) is 11.1 Å². The summed E-state index contributed by atoms with van der Waals surface area (Å²) in [6, 6.07) is 26.3. The number of amides is 1. The molecule has 132 valence electrons. The zero-order chi connectivity index (χ0) is 18.2. The molecule has 3 aromatic rings. The van der Waals surface area contributed by atoms with Crippen molar-refractivity contribution in [1.82, 2.24) is 5.32 Å². The molecule has 1 atom stereocenters. The van der Waals surface area contributed by atoms with E-state index in [1.165, 1.54) is 0 Å². The fourth-order valence-corrected chi connectivity index (χ4v) is 2.59. The maximum atomic E-state index is 12.2. The van der Waals surface area contributed by atoms with Crippen LogP contribution in [0.15, 0.2) is 84.9 Å². The molecule has 0 unspecified atom stereocenters. The van der Waals surface area contributed by atoms with Crippen molar-refractivity contribution < 1.29 is 14.6 Å². The summed E-state index contributed by atoms with van der Waals surface area (Å²) in [5.41, 5.74) is 2.50. The lowest BCUT2D eigenvalue weighted by molar-refractivity contribution is -0.129. The molecule has 3 rings (SSSR count). The van der Waals surface area contributed by atoms with Gasteiger partial charge in [-0.2, -0.15) is 0 Å². The lowest BCUT2D eigenvalue weighted by atomic mass is 10.1. The molecular weight excluding hydrogens is 326 g/mol. The maximum Gasteiger partial charge on any atom is 0.253 e. The van der Waals surface area contributed by atoms with Crippen LogP contribution in [0.3, 0.4) is 0 Å². The van der Waals surface area contributed by atoms with E-state index in [1.54, 1.807) is 24.3 Å². The van der Waals surface area contributed by atoms with Crippen LogP contribution in [0.5, 0.6) is 5.75 Å². The number of aliphatic hydroxyl groups excluding tert-OH is 1. The largest absolute Gasteiger partial charge is 0.489 e. The van der Waals surface area contributed by atoms with E-state index in [9.17, 15) is 9.90 Å². The zero-order valence-corrected chi connectivity index (χ0v) is 14.3. The third-order valence-electron chi connectivity index (χ3n) is 4.03. The predicted octanol–water partition coefficient (Wildman–Crippen LogP) is 3.62. The van der Waals surface area contributed by atoms with Gasteiger partial charge in [0.25, 0.3) is 5.91 Å². The van der Waals surface area contributed by atoms with Gasteiger partial charge in [0, 0.05) is 12.1 Å². The minimum Gasteiger partial charge on any atom is -0.489 e. The first kappa shape index (κ1) is 17.7. The van der Waals surface area contributed by atoms with Crippen LogP contribution in [-0.4, -0.2) is 11.0 Å². The van der Waals surface area contributed by atoms with Crippen molar-refractivity contribution in [3.05, 3.63) is 102 Å². The SMILES string of the molecule is O=C(NCc1ccccc1OCc1ccccc1)[C@@H](O)c1ccccc1. The topological polar surface area (TPSA) is 58.6 Å². The Hall–Kier alpha value is -3.11. The van der Waals surface area contributed by atoms with Crippen molar-refractivity contribution >= 4 is 5.91 Å². The number of ether oxygens (including phenoxy) is 1. The summed E-state index contributed by atoms with van der Waals surface area (Å²) in [5.74, 6) is 0.278. The van der Waals surface area contributed by atoms with Crippen LogP contribution in [0.4, 0.5) is 0 Å². The van der Waals surface area contributed by atoms with Crippen molar-refractivity contribution in [1.29, 1.82) is 0 Å². The molecule has 0 aliphatic carbocycles. The monoisotopic (exact) mass is 347 g/mol. The Bertz CT molecular complexity index is 834. The van der Waals surface area contributed by atoms with Crippen molar-refractivity contribution in [2.24, 2.45) is 0 Å². The number of aliphatic hydroxyl groups is 1. The fourth-order valence-electron chi connectivity index (χ4n) is 2.59. The van der Waals surface area contributed by atoms with Gasteiger partial charge >= 0.3 is 0 Å². The summed E-state index contributed by atoms with van der Waals surface area (Å²) in [7, 11) is 0. The van der Waals surface area contributed by atoms with Crippen molar-refractivity contribution in [2.75, 3.05) is 0 Å². The third kappa shape index (κ3) is 4.71.